The molecule has 14 nitrogen and oxygen atoms in total. The number of carbonyl (C=O) groups excluding carboxylic acids is 4. The number of amides is 4. The highest BCUT2D eigenvalue weighted by Crippen LogP contribution is 2.25. The summed E-state index contributed by atoms with van der Waals surface area (Å²) >= 11 is 0. The zero-order chi connectivity index (χ0) is 38.5. The molecule has 0 saturated carbocycles. The summed E-state index contributed by atoms with van der Waals surface area (Å²) in [6.07, 6.45) is -5.05. The quantitative estimate of drug-likeness (QED) is 0.0648. The lowest BCUT2D eigenvalue weighted by molar-refractivity contribution is -0.192. The summed E-state index contributed by atoms with van der Waals surface area (Å²) in [5.41, 5.74) is 14.3. The van der Waals surface area contributed by atoms with Crippen LogP contribution in [-0.4, -0.2) is 72.8 Å². The molecule has 0 aliphatic carbocycles. The number of nitrogens with zero attached hydrogens (tertiary/aromatic N) is 1. The van der Waals surface area contributed by atoms with Gasteiger partial charge in [0.2, 0.25) is 17.7 Å². The zero-order valence-corrected chi connectivity index (χ0v) is 28.3. The standard InChI is InChI=1S/C33H41N7O5.C2HF3O2/c1-2-45-33(44)40-28(41)22-36-20-23-15-17-24(18-16-23)21-38-30(42)27(14-9-19-37-32(34)35)39-31(43)29(25-10-5-3-6-11-25)26-12-7-4-8-13-26;3-2(4,5)1(6)7/h3-8,10-13,15-18,27,29,36H,2,9,14,19-22H2,1H3,(H,38,42)(H,39,43)(H4,34,35,37)(H,40,41,44);(H,6,7)/t27-;/m1./s1. The largest absolute Gasteiger partial charge is 0.490 e. The molecule has 0 radical (unpaired) electrons. The van der Waals surface area contributed by atoms with Crippen molar-refractivity contribution >= 4 is 35.7 Å². The molecular weight excluding hydrogens is 687 g/mol. The fraction of sp³-hybridized carbons (Fsp3) is 0.314. The monoisotopic (exact) mass is 729 g/mol. The maximum Gasteiger partial charge on any atom is 0.490 e. The first-order chi connectivity index (χ1) is 24.7. The molecule has 4 amide bonds. The number of hydrogen-bond donors (Lipinski definition) is 7. The first kappa shape index (κ1) is 42.2. The van der Waals surface area contributed by atoms with Gasteiger partial charge in [-0.15, -0.1) is 0 Å². The number of carboxylic acids is 1. The van der Waals surface area contributed by atoms with E-state index in [-0.39, 0.29) is 37.5 Å². The summed E-state index contributed by atoms with van der Waals surface area (Å²) in [4.78, 5) is 63.1. The van der Waals surface area contributed by atoms with Crippen molar-refractivity contribution in [3.05, 3.63) is 107 Å². The van der Waals surface area contributed by atoms with Crippen molar-refractivity contribution in [3.8, 4) is 0 Å². The molecule has 0 spiro atoms. The van der Waals surface area contributed by atoms with Crippen molar-refractivity contribution in [1.29, 1.82) is 0 Å². The van der Waals surface area contributed by atoms with Crippen molar-refractivity contribution in [2.75, 3.05) is 19.7 Å². The van der Waals surface area contributed by atoms with Crippen molar-refractivity contribution < 1.29 is 47.0 Å². The Bertz CT molecular complexity index is 1580. The van der Waals surface area contributed by atoms with Gasteiger partial charge in [-0.3, -0.25) is 24.7 Å². The molecule has 0 fully saturated rings. The van der Waals surface area contributed by atoms with Crippen LogP contribution in [0.5, 0.6) is 0 Å². The molecule has 280 valence electrons. The van der Waals surface area contributed by atoms with Gasteiger partial charge in [0.05, 0.1) is 19.1 Å². The summed E-state index contributed by atoms with van der Waals surface area (Å²) in [5.74, 6) is -4.50. The van der Waals surface area contributed by atoms with Crippen LogP contribution in [0.15, 0.2) is 89.9 Å². The Balaban J connectivity index is 0.00000121. The van der Waals surface area contributed by atoms with E-state index in [2.05, 4.69) is 31.0 Å². The van der Waals surface area contributed by atoms with E-state index in [0.29, 0.717) is 25.9 Å². The fourth-order valence-corrected chi connectivity index (χ4v) is 4.55. The Morgan fingerprint density at radius 2 is 1.35 bits per heavy atom. The second-order valence-corrected chi connectivity index (χ2v) is 11.0. The van der Waals surface area contributed by atoms with Crippen molar-refractivity contribution in [2.45, 2.75) is 51.0 Å². The Labute approximate surface area is 298 Å². The Hall–Kier alpha value is -5.97. The molecule has 3 aromatic rings. The minimum Gasteiger partial charge on any atom is -0.475 e. The Morgan fingerprint density at radius 1 is 0.827 bits per heavy atom. The van der Waals surface area contributed by atoms with Gasteiger partial charge in [-0.25, -0.2) is 9.59 Å². The van der Waals surface area contributed by atoms with Gasteiger partial charge in [0.1, 0.15) is 6.04 Å². The van der Waals surface area contributed by atoms with Crippen molar-refractivity contribution in [3.63, 3.8) is 0 Å². The molecule has 0 bridgehead atoms. The van der Waals surface area contributed by atoms with Crippen LogP contribution in [0.3, 0.4) is 0 Å². The van der Waals surface area contributed by atoms with E-state index in [1.807, 2.05) is 84.9 Å². The number of halogens is 3. The SMILES string of the molecule is CCOC(=O)NC(=O)CNCc1ccc(CNC(=O)[C@@H](CCCN=C(N)N)NC(=O)C(c2ccccc2)c2ccccc2)cc1.O=C(O)C(F)(F)F. The third-order valence-corrected chi connectivity index (χ3v) is 6.97. The van der Waals surface area contributed by atoms with Crippen LogP contribution < -0.4 is 32.7 Å². The number of benzene rings is 3. The Morgan fingerprint density at radius 3 is 1.83 bits per heavy atom. The second kappa shape index (κ2) is 22.0. The van der Waals surface area contributed by atoms with E-state index in [1.54, 1.807) is 6.92 Å². The molecule has 0 aliphatic heterocycles. The number of carboxylic acid groups (broad SMARTS) is 1. The maximum absolute atomic E-state index is 13.7. The van der Waals surface area contributed by atoms with Crippen LogP contribution in [0, 0.1) is 0 Å². The third-order valence-electron chi connectivity index (χ3n) is 6.97. The number of ether oxygens (including phenoxy) is 1. The van der Waals surface area contributed by atoms with E-state index < -0.39 is 36.1 Å². The topological polar surface area (TPSA) is 227 Å². The minimum absolute atomic E-state index is 0.0353. The first-order valence-corrected chi connectivity index (χ1v) is 16.0. The number of aliphatic carboxylic acids is 1. The number of imide groups is 1. The molecule has 0 saturated heterocycles. The van der Waals surface area contributed by atoms with Crippen molar-refractivity contribution in [2.24, 2.45) is 16.5 Å². The lowest BCUT2D eigenvalue weighted by Gasteiger charge is -2.23. The maximum atomic E-state index is 13.7. The number of carbonyl (C=O) groups is 5. The van der Waals surface area contributed by atoms with Gasteiger partial charge in [0.25, 0.3) is 0 Å². The smallest absolute Gasteiger partial charge is 0.475 e. The van der Waals surface area contributed by atoms with Crippen molar-refractivity contribution in [1.82, 2.24) is 21.3 Å². The van der Waals surface area contributed by atoms with Crippen LogP contribution in [0.1, 0.15) is 47.9 Å². The van der Waals surface area contributed by atoms with Crippen LogP contribution in [0.4, 0.5) is 18.0 Å². The van der Waals surface area contributed by atoms with Crippen LogP contribution in [0.25, 0.3) is 0 Å². The number of nitrogens with two attached hydrogens (primary N) is 2. The number of guanidine groups is 1. The first-order valence-electron chi connectivity index (χ1n) is 16.0. The van der Waals surface area contributed by atoms with Gasteiger partial charge in [-0.2, -0.15) is 13.2 Å². The van der Waals surface area contributed by atoms with E-state index in [0.717, 1.165) is 22.3 Å². The average Bonchev–Trinajstić information content (AvgIpc) is 3.10. The van der Waals surface area contributed by atoms with Gasteiger partial charge in [0.15, 0.2) is 5.96 Å². The highest BCUT2D eigenvalue weighted by molar-refractivity contribution is 5.93. The highest BCUT2D eigenvalue weighted by Gasteiger charge is 2.38. The molecule has 1 atom stereocenters. The fourth-order valence-electron chi connectivity index (χ4n) is 4.55. The minimum atomic E-state index is -5.08. The zero-order valence-electron chi connectivity index (χ0n) is 28.3. The summed E-state index contributed by atoms with van der Waals surface area (Å²) in [6, 6.07) is 25.5. The molecular formula is C35H42F3N7O7. The molecule has 0 aromatic heterocycles. The van der Waals surface area contributed by atoms with E-state index in [1.165, 1.54) is 0 Å². The van der Waals surface area contributed by atoms with Gasteiger partial charge in [0, 0.05) is 19.6 Å². The van der Waals surface area contributed by atoms with E-state index in [4.69, 9.17) is 21.4 Å². The highest BCUT2D eigenvalue weighted by atomic mass is 19.4. The lowest BCUT2D eigenvalue weighted by atomic mass is 9.90. The van der Waals surface area contributed by atoms with Gasteiger partial charge < -0.3 is 37.3 Å². The number of nitrogens with one attached hydrogen (secondary N) is 4. The third kappa shape index (κ3) is 16.2. The van der Waals surface area contributed by atoms with Crippen LogP contribution in [-0.2, 0) is 37.0 Å². The van der Waals surface area contributed by atoms with Crippen LogP contribution >= 0.6 is 0 Å². The molecule has 0 unspecified atom stereocenters. The number of rotatable bonds is 16. The van der Waals surface area contributed by atoms with Gasteiger partial charge in [-0.1, -0.05) is 84.9 Å². The molecule has 0 heterocycles. The predicted octanol–water partition coefficient (Wildman–Crippen LogP) is 2.67. The molecule has 3 aromatic carbocycles. The lowest BCUT2D eigenvalue weighted by Crippen LogP contribution is -2.48. The summed E-state index contributed by atoms with van der Waals surface area (Å²) in [5, 5.41) is 18.1. The molecule has 52 heavy (non-hydrogen) atoms. The van der Waals surface area contributed by atoms with Gasteiger partial charge >= 0.3 is 18.2 Å². The van der Waals surface area contributed by atoms with E-state index >= 15 is 0 Å². The predicted molar refractivity (Wildman–Crippen MR) is 185 cm³/mol. The Kier molecular flexibility index (Phi) is 17.8. The summed E-state index contributed by atoms with van der Waals surface area (Å²) in [6.45, 7) is 2.74. The second-order valence-electron chi connectivity index (χ2n) is 11.0. The van der Waals surface area contributed by atoms with Gasteiger partial charge in [-0.05, 0) is 42.0 Å². The molecule has 9 N–H and O–H groups in total. The number of aliphatic imine (C=N–C) groups is 1. The summed E-state index contributed by atoms with van der Waals surface area (Å²) in [7, 11) is 0. The molecule has 0 aliphatic rings. The number of alkyl halides is 3. The summed E-state index contributed by atoms with van der Waals surface area (Å²) < 4.78 is 36.4. The normalized spacial score (nSPS) is 11.2. The molecule has 17 heteroatoms. The number of alkyl carbamates (subject to hydrolysis) is 1. The molecule has 3 rings (SSSR count). The average molecular weight is 730 g/mol. The van der Waals surface area contributed by atoms with Crippen LogP contribution in [0.2, 0.25) is 0 Å². The number of hydrogen-bond acceptors (Lipinski definition) is 8. The van der Waals surface area contributed by atoms with E-state index in [9.17, 15) is 32.3 Å².